The van der Waals surface area contributed by atoms with Gasteiger partial charge >= 0.3 is 0 Å². The molecule has 1 aliphatic heterocycles. The van der Waals surface area contributed by atoms with Gasteiger partial charge in [-0.2, -0.15) is 10.2 Å². The number of H-pyrrole nitrogens is 2. The Morgan fingerprint density at radius 1 is 0.861 bits per heavy atom. The Hall–Kier alpha value is -3.71. The molecule has 2 N–H and O–H groups in total. The fourth-order valence-corrected chi connectivity index (χ4v) is 5.24. The van der Waals surface area contributed by atoms with E-state index in [2.05, 4.69) is 79.9 Å². The number of hydrogen-bond acceptors (Lipinski definition) is 5. The van der Waals surface area contributed by atoms with Crippen LogP contribution in [0, 0.1) is 5.92 Å². The molecule has 7 heteroatoms. The van der Waals surface area contributed by atoms with Gasteiger partial charge in [0, 0.05) is 29.5 Å². The van der Waals surface area contributed by atoms with Crippen LogP contribution >= 0.6 is 0 Å². The predicted molar refractivity (Wildman–Crippen MR) is 142 cm³/mol. The molecule has 3 heterocycles. The molecule has 2 aliphatic rings. The first kappa shape index (κ1) is 21.6. The number of hydrogen-bond donors (Lipinski definition) is 2. The van der Waals surface area contributed by atoms with E-state index >= 15 is 0 Å². The summed E-state index contributed by atoms with van der Waals surface area (Å²) in [5.41, 5.74) is 4.02. The van der Waals surface area contributed by atoms with Gasteiger partial charge in [-0.25, -0.2) is 4.98 Å². The largest absolute Gasteiger partial charge is 0.492 e. The Morgan fingerprint density at radius 2 is 1.69 bits per heavy atom. The lowest BCUT2D eigenvalue weighted by molar-refractivity contribution is 0.238. The molecule has 0 amide bonds. The summed E-state index contributed by atoms with van der Waals surface area (Å²) < 4.78 is 6.04. The van der Waals surface area contributed by atoms with E-state index in [4.69, 9.17) is 9.72 Å². The highest BCUT2D eigenvalue weighted by atomic mass is 16.5. The van der Waals surface area contributed by atoms with Crippen molar-refractivity contribution >= 4 is 21.7 Å². The van der Waals surface area contributed by atoms with Crippen LogP contribution < -0.4 is 4.74 Å². The lowest BCUT2D eigenvalue weighted by atomic mass is 10.0. The Bertz CT molecular complexity index is 1530. The number of aromatic amines is 2. The molecule has 5 aromatic rings. The number of aromatic nitrogens is 5. The van der Waals surface area contributed by atoms with Crippen LogP contribution in [0.4, 0.5) is 0 Å². The van der Waals surface area contributed by atoms with E-state index in [0.717, 1.165) is 70.6 Å². The minimum absolute atomic E-state index is 0.734. The summed E-state index contributed by atoms with van der Waals surface area (Å²) in [6.45, 7) is 4.14. The number of fused-ring (bicyclic) bond motifs is 2. The second kappa shape index (κ2) is 9.06. The number of rotatable bonds is 8. The Morgan fingerprint density at radius 3 is 2.58 bits per heavy atom. The van der Waals surface area contributed by atoms with Gasteiger partial charge in [-0.3, -0.25) is 15.1 Å². The summed E-state index contributed by atoms with van der Waals surface area (Å²) in [5.74, 6) is 3.43. The summed E-state index contributed by atoms with van der Waals surface area (Å²) in [6, 6.07) is 19.1. The Kier molecular flexibility index (Phi) is 5.43. The average molecular weight is 479 g/mol. The van der Waals surface area contributed by atoms with E-state index in [9.17, 15) is 0 Å². The molecule has 0 radical (unpaired) electrons. The molecule has 1 saturated heterocycles. The maximum absolute atomic E-state index is 6.04. The third kappa shape index (κ3) is 4.35. The first-order valence-electron chi connectivity index (χ1n) is 13.1. The molecule has 2 aromatic heterocycles. The lowest BCUT2D eigenvalue weighted by Gasteiger charge is -2.15. The van der Waals surface area contributed by atoms with E-state index in [1.807, 2.05) is 0 Å². The summed E-state index contributed by atoms with van der Waals surface area (Å²) >= 11 is 0. The summed E-state index contributed by atoms with van der Waals surface area (Å²) in [7, 11) is 0. The van der Waals surface area contributed by atoms with Crippen molar-refractivity contribution in [1.82, 2.24) is 30.3 Å². The van der Waals surface area contributed by atoms with Crippen LogP contribution in [0.2, 0.25) is 0 Å². The highest BCUT2D eigenvalue weighted by Gasteiger charge is 2.23. The van der Waals surface area contributed by atoms with E-state index in [1.165, 1.54) is 49.5 Å². The Balaban J connectivity index is 1.13. The number of benzene rings is 3. The van der Waals surface area contributed by atoms with Crippen molar-refractivity contribution in [2.75, 3.05) is 26.2 Å². The van der Waals surface area contributed by atoms with Gasteiger partial charge in [-0.1, -0.05) is 18.2 Å². The molecule has 0 bridgehead atoms. The zero-order valence-electron chi connectivity index (χ0n) is 20.3. The number of likely N-dealkylation sites (tertiary alicyclic amines) is 1. The van der Waals surface area contributed by atoms with Gasteiger partial charge in [0.2, 0.25) is 0 Å². The normalized spacial score (nSPS) is 16.3. The minimum Gasteiger partial charge on any atom is -0.492 e. The van der Waals surface area contributed by atoms with Gasteiger partial charge in [-0.15, -0.1) is 0 Å². The van der Waals surface area contributed by atoms with Gasteiger partial charge < -0.3 is 4.74 Å². The maximum atomic E-state index is 6.04. The minimum atomic E-state index is 0.734. The summed E-state index contributed by atoms with van der Waals surface area (Å²) in [4.78, 5) is 7.21. The Labute approximate surface area is 209 Å². The standard InChI is InChI=1S/C29H30N6O/c1-2-12-35(11-1)13-14-36-24-9-7-20-16-22(6-5-21(20)17-24)28-25-18-23(8-10-26(25)31-33-28)29-30-27(32-34-29)15-19-3-4-19/h5-10,16-19H,1-4,11-15H2,(H,31,33)(H,30,32,34). The van der Waals surface area contributed by atoms with E-state index in [-0.39, 0.29) is 0 Å². The van der Waals surface area contributed by atoms with Crippen molar-refractivity contribution in [2.24, 2.45) is 5.92 Å². The first-order valence-corrected chi connectivity index (χ1v) is 13.1. The first-order chi connectivity index (χ1) is 17.8. The molecule has 2 fully saturated rings. The van der Waals surface area contributed by atoms with Crippen molar-refractivity contribution < 1.29 is 4.74 Å². The van der Waals surface area contributed by atoms with E-state index in [0.29, 0.717) is 0 Å². The highest BCUT2D eigenvalue weighted by Crippen LogP contribution is 2.34. The van der Waals surface area contributed by atoms with Crippen LogP contribution in [0.3, 0.4) is 0 Å². The second-order valence-electron chi connectivity index (χ2n) is 10.2. The molecule has 1 aliphatic carbocycles. The SMILES string of the molecule is c1cc2cc(-c3n[nH]c4ccc(-c5n[nH]c(CC6CC6)n5)cc34)ccc2cc1OCCN1CCCC1. The molecule has 0 atom stereocenters. The van der Waals surface area contributed by atoms with Crippen molar-refractivity contribution in [1.29, 1.82) is 0 Å². The van der Waals surface area contributed by atoms with Crippen LogP contribution in [0.1, 0.15) is 31.5 Å². The number of nitrogens with one attached hydrogen (secondary N) is 2. The zero-order valence-corrected chi connectivity index (χ0v) is 20.3. The van der Waals surface area contributed by atoms with Crippen molar-refractivity contribution in [2.45, 2.75) is 32.1 Å². The third-order valence-corrected chi connectivity index (χ3v) is 7.49. The molecule has 1 saturated carbocycles. The second-order valence-corrected chi connectivity index (χ2v) is 10.2. The van der Waals surface area contributed by atoms with Crippen LogP contribution in [-0.4, -0.2) is 56.5 Å². The highest BCUT2D eigenvalue weighted by molar-refractivity contribution is 5.97. The van der Waals surface area contributed by atoms with E-state index in [1.54, 1.807) is 0 Å². The average Bonchev–Trinajstić information content (AvgIpc) is 3.28. The molecule has 182 valence electrons. The molecular formula is C29H30N6O. The zero-order chi connectivity index (χ0) is 23.9. The molecule has 0 unspecified atom stereocenters. The van der Waals surface area contributed by atoms with Gasteiger partial charge in [0.05, 0.1) is 11.2 Å². The quantitative estimate of drug-likeness (QED) is 0.304. The van der Waals surface area contributed by atoms with Crippen LogP contribution in [0.25, 0.3) is 44.3 Å². The van der Waals surface area contributed by atoms with E-state index < -0.39 is 0 Å². The lowest BCUT2D eigenvalue weighted by Crippen LogP contribution is -2.25. The van der Waals surface area contributed by atoms with Crippen molar-refractivity contribution in [3.05, 3.63) is 60.4 Å². The van der Waals surface area contributed by atoms with Gasteiger partial charge in [-0.05, 0) is 91.9 Å². The fraction of sp³-hybridized carbons (Fsp3) is 0.345. The maximum Gasteiger partial charge on any atom is 0.181 e. The predicted octanol–water partition coefficient (Wildman–Crippen LogP) is 5.60. The van der Waals surface area contributed by atoms with Crippen LogP contribution in [0.5, 0.6) is 5.75 Å². The van der Waals surface area contributed by atoms with Gasteiger partial charge in [0.15, 0.2) is 5.82 Å². The number of ether oxygens (including phenoxy) is 1. The monoisotopic (exact) mass is 478 g/mol. The molecule has 36 heavy (non-hydrogen) atoms. The van der Waals surface area contributed by atoms with Crippen LogP contribution in [-0.2, 0) is 6.42 Å². The topological polar surface area (TPSA) is 82.7 Å². The van der Waals surface area contributed by atoms with Gasteiger partial charge in [0.25, 0.3) is 0 Å². The summed E-state index contributed by atoms with van der Waals surface area (Å²) in [5, 5.41) is 18.8. The van der Waals surface area contributed by atoms with Crippen LogP contribution in [0.15, 0.2) is 54.6 Å². The smallest absolute Gasteiger partial charge is 0.181 e. The number of nitrogens with zero attached hydrogens (tertiary/aromatic N) is 4. The van der Waals surface area contributed by atoms with Crippen molar-refractivity contribution in [3.8, 4) is 28.4 Å². The third-order valence-electron chi connectivity index (χ3n) is 7.49. The fourth-order valence-electron chi connectivity index (χ4n) is 5.24. The molecule has 7 rings (SSSR count). The molecule has 3 aromatic carbocycles. The molecule has 0 spiro atoms. The van der Waals surface area contributed by atoms with Gasteiger partial charge in [0.1, 0.15) is 18.2 Å². The molecular weight excluding hydrogens is 448 g/mol. The molecule has 7 nitrogen and oxygen atoms in total. The summed E-state index contributed by atoms with van der Waals surface area (Å²) in [6.07, 6.45) is 6.23. The van der Waals surface area contributed by atoms with Crippen molar-refractivity contribution in [3.63, 3.8) is 0 Å².